The van der Waals surface area contributed by atoms with Crippen molar-refractivity contribution in [3.05, 3.63) is 0 Å². The third-order valence-electron chi connectivity index (χ3n) is 2.82. The fraction of sp³-hybridized carbons (Fsp3) is 0.900. The Morgan fingerprint density at radius 2 is 2.00 bits per heavy atom. The lowest BCUT2D eigenvalue weighted by atomic mass is 9.89. The van der Waals surface area contributed by atoms with Crippen LogP contribution in [-0.4, -0.2) is 45.0 Å². The number of esters is 1. The molecule has 1 heterocycles. The molecule has 0 radical (unpaired) electrons. The summed E-state index contributed by atoms with van der Waals surface area (Å²) in [7, 11) is -1.82. The summed E-state index contributed by atoms with van der Waals surface area (Å²) < 4.78 is 27.3. The van der Waals surface area contributed by atoms with Gasteiger partial charge in [-0.05, 0) is 30.3 Å². The molecule has 0 N–H and O–H groups in total. The van der Waals surface area contributed by atoms with Crippen molar-refractivity contribution in [1.82, 2.24) is 0 Å². The highest BCUT2D eigenvalue weighted by Crippen LogP contribution is 2.30. The normalized spacial score (nSPS) is 20.4. The van der Waals surface area contributed by atoms with Crippen molar-refractivity contribution < 1.29 is 17.9 Å². The van der Waals surface area contributed by atoms with E-state index in [9.17, 15) is 13.2 Å². The maximum absolute atomic E-state index is 11.6. The molecular formula is C10H18O4S2. The lowest BCUT2D eigenvalue weighted by Crippen LogP contribution is -2.33. The first-order valence-corrected chi connectivity index (χ1v) is 8.49. The van der Waals surface area contributed by atoms with E-state index in [2.05, 4.69) is 0 Å². The molecule has 0 bridgehead atoms. The van der Waals surface area contributed by atoms with E-state index < -0.39 is 15.8 Å². The molecule has 1 rings (SSSR count). The second-order valence-corrected chi connectivity index (χ2v) is 7.58. The van der Waals surface area contributed by atoms with Crippen LogP contribution >= 0.6 is 11.8 Å². The van der Waals surface area contributed by atoms with E-state index >= 15 is 0 Å². The monoisotopic (exact) mass is 266 g/mol. The first-order valence-electron chi connectivity index (χ1n) is 5.27. The topological polar surface area (TPSA) is 60.4 Å². The van der Waals surface area contributed by atoms with Crippen LogP contribution in [0.3, 0.4) is 0 Å². The number of carbonyl (C=O) groups is 1. The molecule has 1 aliphatic rings. The van der Waals surface area contributed by atoms with Crippen molar-refractivity contribution in [2.75, 3.05) is 30.6 Å². The van der Waals surface area contributed by atoms with Crippen LogP contribution in [0, 0.1) is 11.8 Å². The fourth-order valence-corrected chi connectivity index (χ4v) is 4.20. The van der Waals surface area contributed by atoms with Crippen molar-refractivity contribution in [2.24, 2.45) is 11.8 Å². The Labute approximate surface area is 101 Å². The molecule has 1 unspecified atom stereocenters. The predicted octanol–water partition coefficient (Wildman–Crippen LogP) is 0.963. The molecule has 6 heteroatoms. The van der Waals surface area contributed by atoms with E-state index in [-0.39, 0.29) is 17.6 Å². The standard InChI is InChI=1S/C10H18O4S2/c1-14-10(11)9(7-16(2,12)13)8-3-5-15-6-4-8/h8-9H,3-7H2,1-2H3. The Morgan fingerprint density at radius 1 is 1.44 bits per heavy atom. The molecule has 0 aromatic carbocycles. The molecule has 0 spiro atoms. The molecule has 1 aliphatic heterocycles. The van der Waals surface area contributed by atoms with Gasteiger partial charge < -0.3 is 4.74 Å². The van der Waals surface area contributed by atoms with Crippen LogP contribution in [-0.2, 0) is 19.4 Å². The van der Waals surface area contributed by atoms with Crippen LogP contribution in [0.1, 0.15) is 12.8 Å². The molecule has 1 fully saturated rings. The molecule has 94 valence electrons. The number of hydrogen-bond acceptors (Lipinski definition) is 5. The van der Waals surface area contributed by atoms with Gasteiger partial charge in [-0.1, -0.05) is 0 Å². The third-order valence-corrected chi connectivity index (χ3v) is 4.83. The first kappa shape index (κ1) is 13.8. The minimum Gasteiger partial charge on any atom is -0.469 e. The lowest BCUT2D eigenvalue weighted by Gasteiger charge is -2.27. The average Bonchev–Trinajstić information content (AvgIpc) is 2.25. The maximum Gasteiger partial charge on any atom is 0.309 e. The van der Waals surface area contributed by atoms with E-state index in [1.165, 1.54) is 13.4 Å². The van der Waals surface area contributed by atoms with Gasteiger partial charge >= 0.3 is 5.97 Å². The van der Waals surface area contributed by atoms with E-state index in [1.54, 1.807) is 0 Å². The summed E-state index contributed by atoms with van der Waals surface area (Å²) in [4.78, 5) is 11.6. The average molecular weight is 266 g/mol. The number of rotatable bonds is 4. The van der Waals surface area contributed by atoms with Gasteiger partial charge in [0.2, 0.25) is 0 Å². The molecule has 4 nitrogen and oxygen atoms in total. The second-order valence-electron chi connectivity index (χ2n) is 4.17. The van der Waals surface area contributed by atoms with Crippen LogP contribution in [0.25, 0.3) is 0 Å². The zero-order valence-electron chi connectivity index (χ0n) is 9.64. The molecule has 0 aromatic rings. The van der Waals surface area contributed by atoms with Crippen LogP contribution in [0.4, 0.5) is 0 Å². The number of thioether (sulfide) groups is 1. The molecule has 0 aliphatic carbocycles. The zero-order valence-corrected chi connectivity index (χ0v) is 11.3. The quantitative estimate of drug-likeness (QED) is 0.709. The molecule has 0 saturated carbocycles. The SMILES string of the molecule is COC(=O)C(CS(C)(=O)=O)C1CCSCC1. The van der Waals surface area contributed by atoms with Crippen molar-refractivity contribution in [2.45, 2.75) is 12.8 Å². The Kier molecular flexibility index (Phi) is 5.11. The molecule has 0 amide bonds. The number of hydrogen-bond donors (Lipinski definition) is 0. The van der Waals surface area contributed by atoms with Gasteiger partial charge in [0.1, 0.15) is 9.84 Å². The van der Waals surface area contributed by atoms with E-state index in [0.29, 0.717) is 0 Å². The molecule has 0 aromatic heterocycles. The predicted molar refractivity (Wildman–Crippen MR) is 65.3 cm³/mol. The van der Waals surface area contributed by atoms with Crippen LogP contribution in [0.15, 0.2) is 0 Å². The molecule has 1 atom stereocenters. The van der Waals surface area contributed by atoms with Gasteiger partial charge in [0.15, 0.2) is 0 Å². The minimum absolute atomic E-state index is 0.0883. The Morgan fingerprint density at radius 3 is 2.44 bits per heavy atom. The van der Waals surface area contributed by atoms with Gasteiger partial charge in [-0.2, -0.15) is 11.8 Å². The summed E-state index contributed by atoms with van der Waals surface area (Å²) in [5, 5.41) is 0. The lowest BCUT2D eigenvalue weighted by molar-refractivity contribution is -0.146. The summed E-state index contributed by atoms with van der Waals surface area (Å²) in [5.41, 5.74) is 0. The molecular weight excluding hydrogens is 248 g/mol. The summed E-state index contributed by atoms with van der Waals surface area (Å²) in [6.45, 7) is 0. The number of methoxy groups -OCH3 is 1. The van der Waals surface area contributed by atoms with Gasteiger partial charge in [0.05, 0.1) is 18.8 Å². The van der Waals surface area contributed by atoms with E-state index in [4.69, 9.17) is 4.74 Å². The summed E-state index contributed by atoms with van der Waals surface area (Å²) in [5.74, 6) is 1.20. The Balaban J connectivity index is 2.73. The van der Waals surface area contributed by atoms with Crippen molar-refractivity contribution in [3.8, 4) is 0 Å². The fourth-order valence-electron chi connectivity index (χ4n) is 1.99. The summed E-state index contributed by atoms with van der Waals surface area (Å²) in [6.07, 6.45) is 2.97. The Hall–Kier alpha value is -0.230. The highest BCUT2D eigenvalue weighted by atomic mass is 32.2. The largest absolute Gasteiger partial charge is 0.469 e. The van der Waals surface area contributed by atoms with Crippen LogP contribution < -0.4 is 0 Å². The summed E-state index contributed by atoms with van der Waals surface area (Å²) >= 11 is 1.85. The van der Waals surface area contributed by atoms with E-state index in [0.717, 1.165) is 24.3 Å². The van der Waals surface area contributed by atoms with Crippen LogP contribution in [0.2, 0.25) is 0 Å². The second kappa shape index (κ2) is 5.91. The van der Waals surface area contributed by atoms with Gasteiger partial charge in [0, 0.05) is 6.26 Å². The van der Waals surface area contributed by atoms with Gasteiger partial charge in [0.25, 0.3) is 0 Å². The molecule has 16 heavy (non-hydrogen) atoms. The number of ether oxygens (including phenoxy) is 1. The zero-order chi connectivity index (χ0) is 12.2. The third kappa shape index (κ3) is 4.33. The maximum atomic E-state index is 11.6. The smallest absolute Gasteiger partial charge is 0.309 e. The van der Waals surface area contributed by atoms with Gasteiger partial charge in [-0.25, -0.2) is 8.42 Å². The highest BCUT2D eigenvalue weighted by molar-refractivity contribution is 7.99. The van der Waals surface area contributed by atoms with Gasteiger partial charge in [-0.3, -0.25) is 4.79 Å². The number of carbonyl (C=O) groups excluding carboxylic acids is 1. The van der Waals surface area contributed by atoms with Crippen molar-refractivity contribution in [3.63, 3.8) is 0 Å². The van der Waals surface area contributed by atoms with Crippen LogP contribution in [0.5, 0.6) is 0 Å². The van der Waals surface area contributed by atoms with Gasteiger partial charge in [-0.15, -0.1) is 0 Å². The first-order chi connectivity index (χ1) is 7.44. The number of sulfone groups is 1. The summed E-state index contributed by atoms with van der Waals surface area (Å²) in [6, 6.07) is 0. The minimum atomic E-state index is -3.14. The molecule has 1 saturated heterocycles. The van der Waals surface area contributed by atoms with Crippen molar-refractivity contribution in [1.29, 1.82) is 0 Å². The van der Waals surface area contributed by atoms with Crippen molar-refractivity contribution >= 4 is 27.6 Å². The highest BCUT2D eigenvalue weighted by Gasteiger charge is 2.33. The Bertz CT molecular complexity index is 331. The van der Waals surface area contributed by atoms with E-state index in [1.807, 2.05) is 11.8 Å².